The van der Waals surface area contributed by atoms with Gasteiger partial charge in [-0.2, -0.15) is 0 Å². The van der Waals surface area contributed by atoms with Crippen LogP contribution in [-0.4, -0.2) is 31.9 Å². The molecule has 0 radical (unpaired) electrons. The number of hydrogen-bond donors (Lipinski definition) is 0. The minimum atomic E-state index is -0.459. The van der Waals surface area contributed by atoms with Gasteiger partial charge < -0.3 is 23.5 Å². The molecular formula is C19H21NO6. The third-order valence-electron chi connectivity index (χ3n) is 4.70. The molecule has 7 heteroatoms. The van der Waals surface area contributed by atoms with Gasteiger partial charge in [0.05, 0.1) is 33.3 Å². The van der Waals surface area contributed by atoms with E-state index in [9.17, 15) is 9.59 Å². The van der Waals surface area contributed by atoms with Gasteiger partial charge in [-0.25, -0.2) is 0 Å². The van der Waals surface area contributed by atoms with E-state index in [1.54, 1.807) is 36.7 Å². The van der Waals surface area contributed by atoms with E-state index < -0.39 is 5.92 Å². The molecule has 0 saturated heterocycles. The van der Waals surface area contributed by atoms with Gasteiger partial charge in [-0.15, -0.1) is 0 Å². The lowest BCUT2D eigenvalue weighted by molar-refractivity contribution is -0.135. The number of fused-ring (bicyclic) bond motifs is 1. The van der Waals surface area contributed by atoms with Gasteiger partial charge in [0.2, 0.25) is 5.75 Å². The molecule has 2 heterocycles. The van der Waals surface area contributed by atoms with E-state index in [1.165, 1.54) is 21.3 Å². The van der Waals surface area contributed by atoms with Crippen LogP contribution in [0.4, 0.5) is 0 Å². The van der Waals surface area contributed by atoms with E-state index in [1.807, 2.05) is 0 Å². The Morgan fingerprint density at radius 3 is 2.19 bits per heavy atom. The molecule has 1 aromatic carbocycles. The molecule has 3 rings (SSSR count). The van der Waals surface area contributed by atoms with Crippen LogP contribution in [0.15, 0.2) is 23.0 Å². The molecule has 26 heavy (non-hydrogen) atoms. The van der Waals surface area contributed by atoms with Gasteiger partial charge in [0.15, 0.2) is 11.5 Å². The second kappa shape index (κ2) is 6.74. The van der Waals surface area contributed by atoms with E-state index >= 15 is 0 Å². The van der Waals surface area contributed by atoms with Crippen molar-refractivity contribution in [3.8, 4) is 23.0 Å². The highest BCUT2D eigenvalue weighted by molar-refractivity contribution is 5.78. The number of esters is 1. The average molecular weight is 359 g/mol. The number of ether oxygens (including phenoxy) is 4. The molecule has 1 aromatic heterocycles. The van der Waals surface area contributed by atoms with Crippen LogP contribution in [0.5, 0.6) is 23.0 Å². The zero-order valence-electron chi connectivity index (χ0n) is 15.4. The van der Waals surface area contributed by atoms with Crippen molar-refractivity contribution in [1.29, 1.82) is 0 Å². The first-order valence-electron chi connectivity index (χ1n) is 8.12. The molecule has 0 fully saturated rings. The molecule has 0 spiro atoms. The lowest BCUT2D eigenvalue weighted by Crippen LogP contribution is -2.32. The van der Waals surface area contributed by atoms with E-state index in [-0.39, 0.29) is 17.9 Å². The Balaban J connectivity index is 2.25. The van der Waals surface area contributed by atoms with E-state index in [0.29, 0.717) is 34.3 Å². The summed E-state index contributed by atoms with van der Waals surface area (Å²) in [6.45, 7) is 1.79. The fourth-order valence-corrected chi connectivity index (χ4v) is 3.24. The average Bonchev–Trinajstić information content (AvgIpc) is 2.63. The zero-order valence-corrected chi connectivity index (χ0v) is 15.4. The molecule has 0 aliphatic carbocycles. The van der Waals surface area contributed by atoms with Gasteiger partial charge in [-0.3, -0.25) is 9.59 Å². The van der Waals surface area contributed by atoms with Crippen molar-refractivity contribution in [2.24, 2.45) is 7.05 Å². The second-order valence-electron chi connectivity index (χ2n) is 6.12. The van der Waals surface area contributed by atoms with Crippen LogP contribution in [0.25, 0.3) is 0 Å². The highest BCUT2D eigenvalue weighted by atomic mass is 16.5. The smallest absolute Gasteiger partial charge is 0.312 e. The fourth-order valence-electron chi connectivity index (χ4n) is 3.24. The second-order valence-corrected chi connectivity index (χ2v) is 6.12. The third-order valence-corrected chi connectivity index (χ3v) is 4.70. The number of carbonyl (C=O) groups excluding carboxylic acids is 1. The summed E-state index contributed by atoms with van der Waals surface area (Å²) >= 11 is 0. The Bertz CT molecular complexity index is 905. The SMILES string of the molecule is COc1cc([C@H]2CC(=O)Oc3cc(C)n(C)c(=O)c32)cc(OC)c1OC. The van der Waals surface area contributed by atoms with Gasteiger partial charge in [0.1, 0.15) is 5.75 Å². The number of hydrogen-bond acceptors (Lipinski definition) is 6. The lowest BCUT2D eigenvalue weighted by Gasteiger charge is -2.26. The number of carbonyl (C=O) groups is 1. The van der Waals surface area contributed by atoms with Gasteiger partial charge in [-0.05, 0) is 24.6 Å². The Labute approximate surface area is 151 Å². The molecule has 7 nitrogen and oxygen atoms in total. The van der Waals surface area contributed by atoms with Crippen LogP contribution in [0, 0.1) is 6.92 Å². The summed E-state index contributed by atoms with van der Waals surface area (Å²) in [4.78, 5) is 25.0. The van der Waals surface area contributed by atoms with Gasteiger partial charge >= 0.3 is 5.97 Å². The maximum atomic E-state index is 12.8. The number of aromatic nitrogens is 1. The van der Waals surface area contributed by atoms with Crippen LogP contribution < -0.4 is 24.5 Å². The molecule has 1 atom stereocenters. The minimum absolute atomic E-state index is 0.0595. The minimum Gasteiger partial charge on any atom is -0.493 e. The van der Waals surface area contributed by atoms with Crippen LogP contribution in [0.2, 0.25) is 0 Å². The molecule has 0 bridgehead atoms. The standard InChI is InChI=1S/C19H21NO6/c1-10-6-13-17(19(22)20(10)2)12(9-16(21)26-13)11-7-14(23-3)18(25-5)15(8-11)24-4/h6-8,12H,9H2,1-5H3/t12-/m1/s1. The first-order valence-corrected chi connectivity index (χ1v) is 8.12. The first kappa shape index (κ1) is 17.8. The third kappa shape index (κ3) is 2.79. The van der Waals surface area contributed by atoms with Crippen molar-refractivity contribution >= 4 is 5.97 Å². The number of benzene rings is 1. The molecule has 0 unspecified atom stereocenters. The van der Waals surface area contributed by atoms with Gasteiger partial charge in [0, 0.05) is 24.7 Å². The van der Waals surface area contributed by atoms with Crippen LogP contribution in [0.1, 0.15) is 29.2 Å². The summed E-state index contributed by atoms with van der Waals surface area (Å²) in [5, 5.41) is 0. The summed E-state index contributed by atoms with van der Waals surface area (Å²) in [5.41, 5.74) is 1.70. The van der Waals surface area contributed by atoms with Crippen LogP contribution >= 0.6 is 0 Å². The predicted molar refractivity (Wildman–Crippen MR) is 94.6 cm³/mol. The normalized spacial score (nSPS) is 15.9. The van der Waals surface area contributed by atoms with E-state index in [2.05, 4.69) is 0 Å². The van der Waals surface area contributed by atoms with E-state index in [0.717, 1.165) is 5.56 Å². The van der Waals surface area contributed by atoms with Crippen molar-refractivity contribution in [3.05, 3.63) is 45.4 Å². The Morgan fingerprint density at radius 2 is 1.65 bits per heavy atom. The summed E-state index contributed by atoms with van der Waals surface area (Å²) in [7, 11) is 6.26. The van der Waals surface area contributed by atoms with Crippen molar-refractivity contribution in [2.75, 3.05) is 21.3 Å². The van der Waals surface area contributed by atoms with Crippen molar-refractivity contribution in [2.45, 2.75) is 19.3 Å². The van der Waals surface area contributed by atoms with Crippen molar-refractivity contribution in [1.82, 2.24) is 4.57 Å². The summed E-state index contributed by atoms with van der Waals surface area (Å²) in [6, 6.07) is 5.22. The van der Waals surface area contributed by atoms with Crippen molar-refractivity contribution < 1.29 is 23.7 Å². The molecule has 0 amide bonds. The van der Waals surface area contributed by atoms with Crippen molar-refractivity contribution in [3.63, 3.8) is 0 Å². The zero-order chi connectivity index (χ0) is 19.0. The predicted octanol–water partition coefficient (Wildman–Crippen LogP) is 2.16. The van der Waals surface area contributed by atoms with Gasteiger partial charge in [-0.1, -0.05) is 0 Å². The topological polar surface area (TPSA) is 76.0 Å². The molecule has 0 saturated carbocycles. The maximum Gasteiger partial charge on any atom is 0.312 e. The summed E-state index contributed by atoms with van der Waals surface area (Å²) < 4.78 is 23.0. The molecule has 138 valence electrons. The Hall–Kier alpha value is -2.96. The van der Waals surface area contributed by atoms with Crippen LogP contribution in [0.3, 0.4) is 0 Å². The lowest BCUT2D eigenvalue weighted by atomic mass is 9.86. The molecular weight excluding hydrogens is 338 g/mol. The largest absolute Gasteiger partial charge is 0.493 e. The number of pyridine rings is 1. The monoisotopic (exact) mass is 359 g/mol. The van der Waals surface area contributed by atoms with E-state index in [4.69, 9.17) is 18.9 Å². The number of nitrogens with zero attached hydrogens (tertiary/aromatic N) is 1. The highest BCUT2D eigenvalue weighted by Gasteiger charge is 2.33. The highest BCUT2D eigenvalue weighted by Crippen LogP contribution is 2.44. The summed E-state index contributed by atoms with van der Waals surface area (Å²) in [6.07, 6.45) is 0.0595. The quantitative estimate of drug-likeness (QED) is 0.779. The fraction of sp³-hybridized carbons (Fsp3) is 0.368. The molecule has 1 aliphatic rings. The summed E-state index contributed by atoms with van der Waals surface area (Å²) in [5.74, 6) is 0.843. The number of aryl methyl sites for hydroxylation is 1. The Morgan fingerprint density at radius 1 is 1.04 bits per heavy atom. The Kier molecular flexibility index (Phi) is 4.63. The number of methoxy groups -OCH3 is 3. The van der Waals surface area contributed by atoms with Crippen LogP contribution in [-0.2, 0) is 11.8 Å². The first-order chi connectivity index (χ1) is 12.4. The molecule has 0 N–H and O–H groups in total. The van der Waals surface area contributed by atoms with Gasteiger partial charge in [0.25, 0.3) is 5.56 Å². The number of rotatable bonds is 4. The molecule has 2 aromatic rings. The maximum absolute atomic E-state index is 12.8. The molecule has 1 aliphatic heterocycles.